The Morgan fingerprint density at radius 1 is 1.50 bits per heavy atom. The molecular weight excluding hydrogens is 226 g/mol. The molecule has 1 aromatic rings. The Hall–Kier alpha value is -0.580. The van der Waals surface area contributed by atoms with Crippen LogP contribution in [0.3, 0.4) is 0 Å². The summed E-state index contributed by atoms with van der Waals surface area (Å²) in [5.74, 6) is 0. The standard InChI is InChI=1S/C11H20ClN3O/c1-8-9(10(12)15(4)14-8)6-13-7-11(2,3)16-5/h13H,6-7H2,1-5H3. The van der Waals surface area contributed by atoms with Crippen LogP contribution in [0, 0.1) is 6.92 Å². The maximum absolute atomic E-state index is 6.13. The molecular formula is C11H20ClN3O. The van der Waals surface area contributed by atoms with Crippen molar-refractivity contribution in [2.75, 3.05) is 13.7 Å². The van der Waals surface area contributed by atoms with Gasteiger partial charge >= 0.3 is 0 Å². The summed E-state index contributed by atoms with van der Waals surface area (Å²) in [5.41, 5.74) is 1.86. The van der Waals surface area contributed by atoms with E-state index in [1.54, 1.807) is 11.8 Å². The zero-order valence-electron chi connectivity index (χ0n) is 10.6. The number of aromatic nitrogens is 2. The van der Waals surface area contributed by atoms with Crippen molar-refractivity contribution < 1.29 is 4.74 Å². The summed E-state index contributed by atoms with van der Waals surface area (Å²) in [6.45, 7) is 7.53. The van der Waals surface area contributed by atoms with Gasteiger partial charge in [0, 0.05) is 32.8 Å². The monoisotopic (exact) mass is 245 g/mol. The van der Waals surface area contributed by atoms with Crippen molar-refractivity contribution in [3.8, 4) is 0 Å². The first-order valence-corrected chi connectivity index (χ1v) is 5.69. The summed E-state index contributed by atoms with van der Waals surface area (Å²) in [7, 11) is 3.56. The summed E-state index contributed by atoms with van der Waals surface area (Å²) in [4.78, 5) is 0. The first kappa shape index (κ1) is 13.5. The molecule has 0 aliphatic carbocycles. The Balaban J connectivity index is 2.55. The van der Waals surface area contributed by atoms with Gasteiger partial charge in [-0.2, -0.15) is 5.10 Å². The molecule has 0 saturated carbocycles. The van der Waals surface area contributed by atoms with E-state index in [1.807, 2.05) is 27.8 Å². The van der Waals surface area contributed by atoms with Crippen molar-refractivity contribution in [1.29, 1.82) is 0 Å². The number of nitrogens with zero attached hydrogens (tertiary/aromatic N) is 2. The summed E-state index contributed by atoms with van der Waals surface area (Å²) >= 11 is 6.13. The second-order valence-electron chi connectivity index (χ2n) is 4.55. The van der Waals surface area contributed by atoms with Gasteiger partial charge in [-0.05, 0) is 20.8 Å². The summed E-state index contributed by atoms with van der Waals surface area (Å²) in [5, 5.41) is 8.28. The lowest BCUT2D eigenvalue weighted by atomic mass is 10.1. The second-order valence-corrected chi connectivity index (χ2v) is 4.90. The van der Waals surface area contributed by atoms with E-state index < -0.39 is 0 Å². The topological polar surface area (TPSA) is 39.1 Å². The minimum Gasteiger partial charge on any atom is -0.377 e. The molecule has 1 N–H and O–H groups in total. The summed E-state index contributed by atoms with van der Waals surface area (Å²) in [6, 6.07) is 0. The van der Waals surface area contributed by atoms with Crippen LogP contribution < -0.4 is 5.32 Å². The van der Waals surface area contributed by atoms with Crippen molar-refractivity contribution in [3.05, 3.63) is 16.4 Å². The summed E-state index contributed by atoms with van der Waals surface area (Å²) < 4.78 is 7.01. The van der Waals surface area contributed by atoms with E-state index in [0.29, 0.717) is 11.7 Å². The lowest BCUT2D eigenvalue weighted by Crippen LogP contribution is -2.36. The van der Waals surface area contributed by atoms with Crippen LogP contribution in [0.5, 0.6) is 0 Å². The molecule has 0 radical (unpaired) electrons. The fourth-order valence-electron chi connectivity index (χ4n) is 1.44. The number of rotatable bonds is 5. The van der Waals surface area contributed by atoms with Crippen LogP contribution >= 0.6 is 11.6 Å². The lowest BCUT2D eigenvalue weighted by Gasteiger charge is -2.23. The van der Waals surface area contributed by atoms with Crippen LogP contribution in [-0.4, -0.2) is 29.0 Å². The predicted molar refractivity (Wildman–Crippen MR) is 65.7 cm³/mol. The number of halogens is 1. The molecule has 0 amide bonds. The Bertz CT molecular complexity index is 360. The molecule has 0 aromatic carbocycles. The highest BCUT2D eigenvalue weighted by Crippen LogP contribution is 2.18. The van der Waals surface area contributed by atoms with Gasteiger partial charge in [-0.15, -0.1) is 0 Å². The Labute approximate surface area is 102 Å². The van der Waals surface area contributed by atoms with Gasteiger partial charge in [-0.3, -0.25) is 4.68 Å². The van der Waals surface area contributed by atoms with Crippen LogP contribution in [0.25, 0.3) is 0 Å². The third kappa shape index (κ3) is 3.20. The van der Waals surface area contributed by atoms with Gasteiger partial charge in [0.05, 0.1) is 11.3 Å². The highest BCUT2D eigenvalue weighted by molar-refractivity contribution is 6.30. The van der Waals surface area contributed by atoms with Gasteiger partial charge in [0.25, 0.3) is 0 Å². The minimum absolute atomic E-state index is 0.164. The van der Waals surface area contributed by atoms with Gasteiger partial charge in [-0.1, -0.05) is 11.6 Å². The molecule has 0 saturated heterocycles. The number of hydrogen-bond donors (Lipinski definition) is 1. The first-order chi connectivity index (χ1) is 7.37. The molecule has 0 unspecified atom stereocenters. The van der Waals surface area contributed by atoms with Crippen molar-refractivity contribution in [3.63, 3.8) is 0 Å². The number of aryl methyl sites for hydroxylation is 2. The van der Waals surface area contributed by atoms with E-state index in [4.69, 9.17) is 16.3 Å². The molecule has 0 bridgehead atoms. The van der Waals surface area contributed by atoms with Crippen molar-refractivity contribution in [2.45, 2.75) is 32.9 Å². The fraction of sp³-hybridized carbons (Fsp3) is 0.727. The normalized spacial score (nSPS) is 12.1. The summed E-state index contributed by atoms with van der Waals surface area (Å²) in [6.07, 6.45) is 0. The van der Waals surface area contributed by atoms with Crippen LogP contribution in [0.1, 0.15) is 25.1 Å². The van der Waals surface area contributed by atoms with E-state index in [-0.39, 0.29) is 5.60 Å². The highest BCUT2D eigenvalue weighted by atomic mass is 35.5. The Kier molecular flexibility index (Phi) is 4.35. The number of methoxy groups -OCH3 is 1. The van der Waals surface area contributed by atoms with Crippen molar-refractivity contribution in [1.82, 2.24) is 15.1 Å². The van der Waals surface area contributed by atoms with Gasteiger partial charge in [0.1, 0.15) is 5.15 Å². The molecule has 5 heteroatoms. The van der Waals surface area contributed by atoms with Gasteiger partial charge < -0.3 is 10.1 Å². The molecule has 0 fully saturated rings. The Morgan fingerprint density at radius 3 is 2.56 bits per heavy atom. The van der Waals surface area contributed by atoms with Crippen molar-refractivity contribution in [2.24, 2.45) is 7.05 Å². The van der Waals surface area contributed by atoms with Crippen LogP contribution in [0.15, 0.2) is 0 Å². The number of nitrogens with one attached hydrogen (secondary N) is 1. The van der Waals surface area contributed by atoms with Gasteiger partial charge in [0.2, 0.25) is 0 Å². The fourth-order valence-corrected chi connectivity index (χ4v) is 1.68. The van der Waals surface area contributed by atoms with Crippen LogP contribution in [0.2, 0.25) is 5.15 Å². The van der Waals surface area contributed by atoms with E-state index in [1.165, 1.54) is 0 Å². The van der Waals surface area contributed by atoms with E-state index in [2.05, 4.69) is 10.4 Å². The Morgan fingerprint density at radius 2 is 2.12 bits per heavy atom. The second kappa shape index (κ2) is 5.17. The smallest absolute Gasteiger partial charge is 0.131 e. The molecule has 0 aliphatic rings. The van der Waals surface area contributed by atoms with E-state index >= 15 is 0 Å². The van der Waals surface area contributed by atoms with Crippen LogP contribution in [0.4, 0.5) is 0 Å². The zero-order chi connectivity index (χ0) is 12.3. The molecule has 4 nitrogen and oxygen atoms in total. The average molecular weight is 246 g/mol. The predicted octanol–water partition coefficient (Wildman–Crippen LogP) is 1.90. The average Bonchev–Trinajstić information content (AvgIpc) is 2.44. The minimum atomic E-state index is -0.164. The lowest BCUT2D eigenvalue weighted by molar-refractivity contribution is 0.0230. The maximum atomic E-state index is 6.13. The third-order valence-corrected chi connectivity index (χ3v) is 3.15. The van der Waals surface area contributed by atoms with Gasteiger partial charge in [-0.25, -0.2) is 0 Å². The third-order valence-electron chi connectivity index (χ3n) is 2.67. The molecule has 0 aliphatic heterocycles. The molecule has 1 aromatic heterocycles. The maximum Gasteiger partial charge on any atom is 0.131 e. The molecule has 0 spiro atoms. The molecule has 0 atom stereocenters. The number of hydrogen-bond acceptors (Lipinski definition) is 3. The largest absolute Gasteiger partial charge is 0.377 e. The van der Waals surface area contributed by atoms with Crippen LogP contribution in [-0.2, 0) is 18.3 Å². The first-order valence-electron chi connectivity index (χ1n) is 5.31. The zero-order valence-corrected chi connectivity index (χ0v) is 11.4. The molecule has 92 valence electrons. The SMILES string of the molecule is COC(C)(C)CNCc1c(C)nn(C)c1Cl. The van der Waals surface area contributed by atoms with Gasteiger partial charge in [0.15, 0.2) is 0 Å². The number of ether oxygens (including phenoxy) is 1. The van der Waals surface area contributed by atoms with Crippen molar-refractivity contribution >= 4 is 11.6 Å². The highest BCUT2D eigenvalue weighted by Gasteiger charge is 2.17. The molecule has 1 heterocycles. The molecule has 16 heavy (non-hydrogen) atoms. The quantitative estimate of drug-likeness (QED) is 0.861. The van der Waals surface area contributed by atoms with E-state index in [0.717, 1.165) is 17.8 Å². The molecule has 1 rings (SSSR count). The van der Waals surface area contributed by atoms with E-state index in [9.17, 15) is 0 Å².